The van der Waals surface area contributed by atoms with Crippen molar-refractivity contribution in [2.24, 2.45) is 0 Å². The van der Waals surface area contributed by atoms with Crippen molar-refractivity contribution in [1.29, 1.82) is 0 Å². The molecule has 8 rings (SSSR count). The number of aryl methyl sites for hydroxylation is 1. The summed E-state index contributed by atoms with van der Waals surface area (Å²) in [5, 5.41) is 2.42. The standard InChI is InChI=1S/C33H22O.5C2H6/c1-2-20-10-9-14-24-26-18-25-23-13-5-8-17-29(23)33(30(25)19-31(26)34-32(20)24)27-15-6-3-11-21(27)22-12-4-7-16-28(22)33;5*1-2/h3-19H,2H2,1H3;5*1-2H3. The minimum Gasteiger partial charge on any atom is -0.456 e. The minimum absolute atomic E-state index is 0.320. The van der Waals surface area contributed by atoms with E-state index in [1.165, 1.54) is 60.8 Å². The third-order valence-corrected chi connectivity index (χ3v) is 8.08. The van der Waals surface area contributed by atoms with Gasteiger partial charge in [-0.1, -0.05) is 167 Å². The second kappa shape index (κ2) is 15.6. The summed E-state index contributed by atoms with van der Waals surface area (Å²) in [4.78, 5) is 0. The molecule has 1 nitrogen and oxygen atoms in total. The molecule has 1 spiro atoms. The van der Waals surface area contributed by atoms with Gasteiger partial charge >= 0.3 is 0 Å². The third-order valence-electron chi connectivity index (χ3n) is 8.08. The summed E-state index contributed by atoms with van der Waals surface area (Å²) in [7, 11) is 0. The number of hydrogen-bond donors (Lipinski definition) is 0. The van der Waals surface area contributed by atoms with Crippen LogP contribution in [0.5, 0.6) is 0 Å². The average molecular weight is 585 g/mol. The van der Waals surface area contributed by atoms with Crippen LogP contribution in [0.25, 0.3) is 44.2 Å². The van der Waals surface area contributed by atoms with Crippen LogP contribution in [-0.4, -0.2) is 0 Å². The highest BCUT2D eigenvalue weighted by atomic mass is 16.3. The Balaban J connectivity index is 0.000000485. The van der Waals surface area contributed by atoms with Crippen molar-refractivity contribution in [3.63, 3.8) is 0 Å². The molecule has 0 unspecified atom stereocenters. The molecule has 0 saturated heterocycles. The van der Waals surface area contributed by atoms with Crippen molar-refractivity contribution < 1.29 is 4.42 Å². The zero-order valence-corrected chi connectivity index (χ0v) is 28.9. The lowest BCUT2D eigenvalue weighted by molar-refractivity contribution is 0.661. The Bertz CT molecular complexity index is 1750. The molecule has 44 heavy (non-hydrogen) atoms. The fourth-order valence-electron chi connectivity index (χ4n) is 6.72. The second-order valence-corrected chi connectivity index (χ2v) is 9.53. The molecular weight excluding hydrogens is 532 g/mol. The zero-order valence-electron chi connectivity index (χ0n) is 28.9. The predicted octanol–water partition coefficient (Wildman–Crippen LogP) is 13.6. The molecule has 0 bridgehead atoms. The van der Waals surface area contributed by atoms with Crippen molar-refractivity contribution >= 4 is 21.9 Å². The summed E-state index contributed by atoms with van der Waals surface area (Å²) in [6.07, 6.45) is 0.963. The molecule has 0 saturated carbocycles. The van der Waals surface area contributed by atoms with Gasteiger partial charge in [0.15, 0.2) is 0 Å². The number of hydrogen-bond acceptors (Lipinski definition) is 1. The van der Waals surface area contributed by atoms with Crippen LogP contribution in [0, 0.1) is 0 Å². The normalized spacial score (nSPS) is 11.8. The average Bonchev–Trinajstić information content (AvgIpc) is 3.75. The van der Waals surface area contributed by atoms with Crippen LogP contribution >= 0.6 is 0 Å². The van der Waals surface area contributed by atoms with Gasteiger partial charge < -0.3 is 4.42 Å². The first-order valence-electron chi connectivity index (χ1n) is 17.1. The van der Waals surface area contributed by atoms with Gasteiger partial charge in [-0.05, 0) is 68.6 Å². The lowest BCUT2D eigenvalue weighted by Gasteiger charge is -2.30. The van der Waals surface area contributed by atoms with E-state index in [0.29, 0.717) is 0 Å². The van der Waals surface area contributed by atoms with E-state index < -0.39 is 0 Å². The summed E-state index contributed by atoms with van der Waals surface area (Å²) in [5.74, 6) is 0. The molecule has 0 N–H and O–H groups in total. The molecule has 0 atom stereocenters. The Labute approximate surface area is 267 Å². The van der Waals surface area contributed by atoms with E-state index in [1.54, 1.807) is 0 Å². The number of fused-ring (bicyclic) bond motifs is 13. The predicted molar refractivity (Wildman–Crippen MR) is 196 cm³/mol. The number of rotatable bonds is 1. The maximum absolute atomic E-state index is 6.58. The van der Waals surface area contributed by atoms with Gasteiger partial charge in [-0.3, -0.25) is 0 Å². The van der Waals surface area contributed by atoms with Crippen molar-refractivity contribution in [2.45, 2.75) is 88.0 Å². The number of para-hydroxylation sites is 1. The van der Waals surface area contributed by atoms with Gasteiger partial charge in [-0.2, -0.15) is 0 Å². The molecular formula is C43H52O. The van der Waals surface area contributed by atoms with Gasteiger partial charge in [-0.25, -0.2) is 0 Å². The lowest BCUT2D eigenvalue weighted by Crippen LogP contribution is -2.25. The monoisotopic (exact) mass is 584 g/mol. The Hall–Kier alpha value is -4.10. The van der Waals surface area contributed by atoms with E-state index in [1.807, 2.05) is 69.2 Å². The quantitative estimate of drug-likeness (QED) is 0.187. The molecule has 0 radical (unpaired) electrons. The smallest absolute Gasteiger partial charge is 0.138 e. The third kappa shape index (κ3) is 5.07. The summed E-state index contributed by atoms with van der Waals surface area (Å²) in [6, 6.07) is 38.1. The van der Waals surface area contributed by atoms with Gasteiger partial charge in [0.2, 0.25) is 0 Å². The number of furan rings is 1. The van der Waals surface area contributed by atoms with E-state index >= 15 is 0 Å². The highest BCUT2D eigenvalue weighted by Crippen LogP contribution is 2.63. The molecule has 1 heterocycles. The van der Waals surface area contributed by atoms with Crippen molar-refractivity contribution in [2.75, 3.05) is 0 Å². The van der Waals surface area contributed by atoms with Crippen LogP contribution in [0.1, 0.15) is 104 Å². The lowest BCUT2D eigenvalue weighted by atomic mass is 9.70. The van der Waals surface area contributed by atoms with Gasteiger partial charge in [0, 0.05) is 10.8 Å². The molecule has 1 aromatic heterocycles. The fourth-order valence-corrected chi connectivity index (χ4v) is 6.72. The Morgan fingerprint density at radius 1 is 0.455 bits per heavy atom. The highest BCUT2D eigenvalue weighted by Gasteiger charge is 2.51. The first-order chi connectivity index (χ1) is 21.8. The Morgan fingerprint density at radius 2 is 0.909 bits per heavy atom. The van der Waals surface area contributed by atoms with Gasteiger partial charge in [-0.15, -0.1) is 0 Å². The topological polar surface area (TPSA) is 13.1 Å². The van der Waals surface area contributed by atoms with E-state index in [0.717, 1.165) is 17.6 Å². The van der Waals surface area contributed by atoms with Crippen LogP contribution in [0.15, 0.2) is 108 Å². The summed E-state index contributed by atoms with van der Waals surface area (Å²) in [6.45, 7) is 22.2. The van der Waals surface area contributed by atoms with Crippen molar-refractivity contribution in [3.05, 3.63) is 131 Å². The minimum atomic E-state index is -0.320. The maximum Gasteiger partial charge on any atom is 0.138 e. The zero-order chi connectivity index (χ0) is 32.4. The van der Waals surface area contributed by atoms with E-state index in [-0.39, 0.29) is 5.41 Å². The van der Waals surface area contributed by atoms with Crippen LogP contribution in [-0.2, 0) is 11.8 Å². The first kappa shape index (κ1) is 34.4. The Kier molecular flexibility index (Phi) is 12.2. The summed E-state index contributed by atoms with van der Waals surface area (Å²) < 4.78 is 6.58. The maximum atomic E-state index is 6.58. The second-order valence-electron chi connectivity index (χ2n) is 9.53. The number of benzene rings is 5. The first-order valence-corrected chi connectivity index (χ1v) is 17.1. The van der Waals surface area contributed by atoms with Gasteiger partial charge in [0.25, 0.3) is 0 Å². The van der Waals surface area contributed by atoms with Crippen LogP contribution < -0.4 is 0 Å². The van der Waals surface area contributed by atoms with E-state index in [4.69, 9.17) is 4.42 Å². The van der Waals surface area contributed by atoms with Crippen molar-refractivity contribution in [3.8, 4) is 22.3 Å². The van der Waals surface area contributed by atoms with Crippen LogP contribution in [0.2, 0.25) is 0 Å². The molecule has 0 fully saturated rings. The highest BCUT2D eigenvalue weighted by molar-refractivity contribution is 6.09. The molecule has 2 aliphatic carbocycles. The molecule has 5 aromatic carbocycles. The van der Waals surface area contributed by atoms with Crippen LogP contribution in [0.3, 0.4) is 0 Å². The molecule has 1 heteroatoms. The van der Waals surface area contributed by atoms with Crippen molar-refractivity contribution in [1.82, 2.24) is 0 Å². The molecule has 230 valence electrons. The van der Waals surface area contributed by atoms with E-state index in [9.17, 15) is 0 Å². The summed E-state index contributed by atoms with van der Waals surface area (Å²) >= 11 is 0. The molecule has 2 aliphatic rings. The summed E-state index contributed by atoms with van der Waals surface area (Å²) in [5.41, 5.74) is 13.7. The molecule has 0 amide bonds. The fraction of sp³-hybridized carbons (Fsp3) is 0.302. The SMILES string of the molecule is CC.CC.CC.CC.CC.CCc1cccc2c1oc1cc3c(cc12)-c1ccccc1C31c2ccccc2-c2ccccc21. The van der Waals surface area contributed by atoms with E-state index in [2.05, 4.69) is 110 Å². The van der Waals surface area contributed by atoms with Gasteiger partial charge in [0.05, 0.1) is 5.41 Å². The van der Waals surface area contributed by atoms with Crippen LogP contribution in [0.4, 0.5) is 0 Å². The molecule has 0 aliphatic heterocycles. The molecule has 6 aromatic rings. The Morgan fingerprint density at radius 3 is 1.39 bits per heavy atom. The van der Waals surface area contributed by atoms with Gasteiger partial charge in [0.1, 0.15) is 11.2 Å². The largest absolute Gasteiger partial charge is 0.456 e.